The van der Waals surface area contributed by atoms with Crippen molar-refractivity contribution >= 4 is 29.5 Å². The molecule has 1 saturated heterocycles. The van der Waals surface area contributed by atoms with Crippen LogP contribution in [0.15, 0.2) is 43.0 Å². The van der Waals surface area contributed by atoms with E-state index in [2.05, 4.69) is 13.5 Å². The maximum Gasteiger partial charge on any atom is 0.330 e. The zero-order valence-corrected chi connectivity index (χ0v) is 19.4. The Morgan fingerprint density at radius 3 is 2.38 bits per heavy atom. The van der Waals surface area contributed by atoms with Crippen LogP contribution < -0.4 is 4.90 Å². The van der Waals surface area contributed by atoms with Gasteiger partial charge in [0.15, 0.2) is 0 Å². The van der Waals surface area contributed by atoms with E-state index in [9.17, 15) is 14.4 Å². The first-order chi connectivity index (χ1) is 15.6. The first-order valence-corrected chi connectivity index (χ1v) is 12.0. The molecule has 1 aromatic rings. The summed E-state index contributed by atoms with van der Waals surface area (Å²) in [5, 5.41) is 0. The molecule has 32 heavy (non-hydrogen) atoms. The Hall–Kier alpha value is -2.69. The van der Waals surface area contributed by atoms with Gasteiger partial charge < -0.3 is 4.74 Å². The van der Waals surface area contributed by atoms with Crippen molar-refractivity contribution in [2.75, 3.05) is 11.5 Å². The molecule has 0 bridgehead atoms. The van der Waals surface area contributed by atoms with Crippen molar-refractivity contribution in [1.29, 1.82) is 0 Å². The lowest BCUT2D eigenvalue weighted by atomic mass is 9.98. The van der Waals surface area contributed by atoms with E-state index in [-0.39, 0.29) is 17.7 Å². The van der Waals surface area contributed by atoms with Crippen molar-refractivity contribution in [2.24, 2.45) is 5.92 Å². The third kappa shape index (κ3) is 8.45. The van der Waals surface area contributed by atoms with E-state index < -0.39 is 5.97 Å². The number of nitrogens with zero attached hydrogens (tertiary/aromatic N) is 1. The predicted octanol–water partition coefficient (Wildman–Crippen LogP) is 6.23. The highest BCUT2D eigenvalue weighted by Crippen LogP contribution is 2.30. The number of hydrogen-bond donors (Lipinski definition) is 0. The molecule has 1 atom stereocenters. The molecule has 1 heterocycles. The molecule has 1 aromatic carbocycles. The van der Waals surface area contributed by atoms with Crippen LogP contribution in [0.4, 0.5) is 5.69 Å². The van der Waals surface area contributed by atoms with Gasteiger partial charge in [-0.2, -0.15) is 0 Å². The molecule has 5 nitrogen and oxygen atoms in total. The Morgan fingerprint density at radius 1 is 1.06 bits per heavy atom. The van der Waals surface area contributed by atoms with E-state index in [1.54, 1.807) is 36.4 Å². The van der Waals surface area contributed by atoms with E-state index in [4.69, 9.17) is 4.74 Å². The number of unbranched alkanes of at least 4 members (excludes halogenated alkanes) is 7. The van der Waals surface area contributed by atoms with Crippen LogP contribution in [-0.2, 0) is 19.1 Å². The Labute approximate surface area is 192 Å². The van der Waals surface area contributed by atoms with Crippen LogP contribution in [-0.4, -0.2) is 24.4 Å². The molecule has 1 aliphatic heterocycles. The lowest BCUT2D eigenvalue weighted by molar-refractivity contribution is -0.137. The zero-order chi connectivity index (χ0) is 23.2. The summed E-state index contributed by atoms with van der Waals surface area (Å²) in [6, 6.07) is 7.07. The highest BCUT2D eigenvalue weighted by atomic mass is 16.5. The third-order valence-corrected chi connectivity index (χ3v) is 5.78. The lowest BCUT2D eigenvalue weighted by Crippen LogP contribution is -2.30. The van der Waals surface area contributed by atoms with E-state index in [0.29, 0.717) is 25.1 Å². The maximum atomic E-state index is 12.8. The highest BCUT2D eigenvalue weighted by Gasteiger charge is 2.38. The van der Waals surface area contributed by atoms with Gasteiger partial charge in [-0.05, 0) is 36.6 Å². The normalized spacial score (nSPS) is 16.2. The second kappa shape index (κ2) is 14.4. The van der Waals surface area contributed by atoms with Gasteiger partial charge in [0.25, 0.3) is 0 Å². The number of carbonyl (C=O) groups excluding carboxylic acids is 3. The second-order valence-corrected chi connectivity index (χ2v) is 8.40. The molecule has 0 spiro atoms. The number of carbonyl (C=O) groups is 3. The summed E-state index contributed by atoms with van der Waals surface area (Å²) in [5.74, 6) is -0.835. The number of esters is 1. The van der Waals surface area contributed by atoms with Gasteiger partial charge in [0.1, 0.15) is 0 Å². The van der Waals surface area contributed by atoms with Crippen molar-refractivity contribution in [2.45, 2.75) is 77.6 Å². The quantitative estimate of drug-likeness (QED) is 0.107. The summed E-state index contributed by atoms with van der Waals surface area (Å²) < 4.78 is 5.02. The van der Waals surface area contributed by atoms with Crippen molar-refractivity contribution < 1.29 is 19.1 Å². The SMILES string of the molecule is C=CCCOC(=O)C=Cc1ccc(N2C(=O)CC(CCCCCCCCCC)C2=O)cc1. The molecule has 174 valence electrons. The fraction of sp³-hybridized carbons (Fsp3) is 0.519. The molecule has 0 saturated carbocycles. The first-order valence-electron chi connectivity index (χ1n) is 12.0. The number of benzene rings is 1. The molecule has 5 heteroatoms. The van der Waals surface area contributed by atoms with Crippen molar-refractivity contribution in [3.8, 4) is 0 Å². The van der Waals surface area contributed by atoms with Crippen LogP contribution in [0, 0.1) is 5.92 Å². The number of hydrogen-bond acceptors (Lipinski definition) is 4. The minimum atomic E-state index is -0.412. The molecular weight excluding hydrogens is 402 g/mol. The molecule has 0 aromatic heterocycles. The van der Waals surface area contributed by atoms with Gasteiger partial charge in [-0.15, -0.1) is 6.58 Å². The number of ether oxygens (including phenoxy) is 1. The molecule has 0 N–H and O–H groups in total. The fourth-order valence-corrected chi connectivity index (χ4v) is 3.91. The topological polar surface area (TPSA) is 63.7 Å². The number of imide groups is 1. The maximum absolute atomic E-state index is 12.8. The van der Waals surface area contributed by atoms with Crippen molar-refractivity contribution in [1.82, 2.24) is 0 Å². The minimum absolute atomic E-state index is 0.0907. The summed E-state index contributed by atoms with van der Waals surface area (Å²) in [6.07, 6.45) is 16.2. The van der Waals surface area contributed by atoms with Crippen LogP contribution in [0.5, 0.6) is 0 Å². The van der Waals surface area contributed by atoms with E-state index >= 15 is 0 Å². The summed E-state index contributed by atoms with van der Waals surface area (Å²) in [4.78, 5) is 38.2. The molecule has 1 aliphatic rings. The number of rotatable bonds is 15. The molecule has 0 radical (unpaired) electrons. The monoisotopic (exact) mass is 439 g/mol. The average molecular weight is 440 g/mol. The van der Waals surface area contributed by atoms with Crippen LogP contribution in [0.25, 0.3) is 6.08 Å². The van der Waals surface area contributed by atoms with Crippen molar-refractivity contribution in [3.63, 3.8) is 0 Å². The van der Waals surface area contributed by atoms with Crippen LogP contribution in [0.3, 0.4) is 0 Å². The Kier molecular flexibility index (Phi) is 11.5. The zero-order valence-electron chi connectivity index (χ0n) is 19.4. The largest absolute Gasteiger partial charge is 0.462 e. The number of anilines is 1. The van der Waals surface area contributed by atoms with Gasteiger partial charge in [0.05, 0.1) is 12.3 Å². The summed E-state index contributed by atoms with van der Waals surface area (Å²) in [7, 11) is 0. The number of amides is 2. The molecule has 2 rings (SSSR count). The summed E-state index contributed by atoms with van der Waals surface area (Å²) in [6.45, 7) is 6.11. The fourth-order valence-electron chi connectivity index (χ4n) is 3.91. The Bertz CT molecular complexity index is 781. The van der Waals surface area contributed by atoms with Crippen LogP contribution >= 0.6 is 0 Å². The summed E-state index contributed by atoms with van der Waals surface area (Å²) in [5.41, 5.74) is 1.38. The van der Waals surface area contributed by atoms with Crippen LogP contribution in [0.2, 0.25) is 0 Å². The first kappa shape index (κ1) is 25.6. The lowest BCUT2D eigenvalue weighted by Gasteiger charge is -2.15. The van der Waals surface area contributed by atoms with E-state index in [1.165, 1.54) is 49.5 Å². The van der Waals surface area contributed by atoms with Crippen LogP contribution in [0.1, 0.15) is 83.1 Å². The van der Waals surface area contributed by atoms with Gasteiger partial charge >= 0.3 is 5.97 Å². The Balaban J connectivity index is 1.79. The smallest absolute Gasteiger partial charge is 0.330 e. The van der Waals surface area contributed by atoms with Crippen molar-refractivity contribution in [3.05, 3.63) is 48.6 Å². The standard InChI is InChI=1S/C27H37NO4/c1-3-5-7-8-9-10-11-12-13-23-21-25(29)28(27(23)31)24-17-14-22(15-18-24)16-19-26(30)32-20-6-4-2/h4,14-19,23H,2-3,5-13,20-21H2,1H3. The third-order valence-electron chi connectivity index (χ3n) is 5.78. The Morgan fingerprint density at radius 2 is 1.72 bits per heavy atom. The van der Waals surface area contributed by atoms with Gasteiger partial charge in [-0.1, -0.05) is 76.5 Å². The molecule has 1 unspecified atom stereocenters. The second-order valence-electron chi connectivity index (χ2n) is 8.40. The average Bonchev–Trinajstić information content (AvgIpc) is 3.07. The van der Waals surface area contributed by atoms with E-state index in [1.807, 2.05) is 0 Å². The molecular formula is C27H37NO4. The highest BCUT2D eigenvalue weighted by molar-refractivity contribution is 6.20. The summed E-state index contributed by atoms with van der Waals surface area (Å²) >= 11 is 0. The van der Waals surface area contributed by atoms with Gasteiger partial charge in [0.2, 0.25) is 11.8 Å². The molecule has 1 fully saturated rings. The van der Waals surface area contributed by atoms with Gasteiger partial charge in [-0.3, -0.25) is 14.5 Å². The van der Waals surface area contributed by atoms with Gasteiger partial charge in [-0.25, -0.2) is 4.79 Å². The van der Waals surface area contributed by atoms with E-state index in [0.717, 1.165) is 24.8 Å². The van der Waals surface area contributed by atoms with Gasteiger partial charge in [0, 0.05) is 18.4 Å². The molecule has 2 amide bonds. The predicted molar refractivity (Wildman–Crippen MR) is 129 cm³/mol. The minimum Gasteiger partial charge on any atom is -0.462 e. The molecule has 0 aliphatic carbocycles.